The molecule has 27 heavy (non-hydrogen) atoms. The molecule has 1 aromatic rings. The summed E-state index contributed by atoms with van der Waals surface area (Å²) in [4.78, 5) is 14.9. The first-order valence-corrected chi connectivity index (χ1v) is 10.5. The van der Waals surface area contributed by atoms with Crippen LogP contribution in [-0.2, 0) is 14.3 Å². The molecule has 2 fully saturated rings. The third kappa shape index (κ3) is 6.18. The number of carbonyl (C=O) groups is 1. The van der Waals surface area contributed by atoms with Crippen LogP contribution in [0.2, 0.25) is 5.02 Å². The third-order valence-corrected chi connectivity index (χ3v) is 5.69. The molecule has 0 bridgehead atoms. The van der Waals surface area contributed by atoms with Crippen molar-refractivity contribution in [3.63, 3.8) is 0 Å². The Morgan fingerprint density at radius 2 is 2.15 bits per heavy atom. The van der Waals surface area contributed by atoms with Crippen molar-refractivity contribution in [1.29, 1.82) is 0 Å². The van der Waals surface area contributed by atoms with Gasteiger partial charge in [0.25, 0.3) is 0 Å². The Kier molecular flexibility index (Phi) is 7.94. The van der Waals surface area contributed by atoms with Crippen molar-refractivity contribution in [1.82, 2.24) is 10.2 Å². The van der Waals surface area contributed by atoms with Gasteiger partial charge in [-0.1, -0.05) is 23.7 Å². The number of hydrogen-bond acceptors (Lipinski definition) is 4. The van der Waals surface area contributed by atoms with Gasteiger partial charge in [0.05, 0.1) is 18.8 Å². The van der Waals surface area contributed by atoms with E-state index in [1.165, 1.54) is 19.3 Å². The largest absolute Gasteiger partial charge is 0.376 e. The Labute approximate surface area is 167 Å². The molecule has 3 atom stereocenters. The van der Waals surface area contributed by atoms with E-state index in [1.807, 2.05) is 25.1 Å². The summed E-state index contributed by atoms with van der Waals surface area (Å²) in [5.41, 5.74) is 1.15. The molecule has 2 heterocycles. The second kappa shape index (κ2) is 10.4. The summed E-state index contributed by atoms with van der Waals surface area (Å²) >= 11 is 6.19. The lowest BCUT2D eigenvalue weighted by atomic mass is 10.1. The van der Waals surface area contributed by atoms with Gasteiger partial charge >= 0.3 is 0 Å². The number of hydrogen-bond donors (Lipinski definition) is 1. The van der Waals surface area contributed by atoms with Gasteiger partial charge < -0.3 is 14.8 Å². The number of likely N-dealkylation sites (tertiary alicyclic amines) is 1. The monoisotopic (exact) mass is 394 g/mol. The van der Waals surface area contributed by atoms with E-state index in [0.717, 1.165) is 43.1 Å². The van der Waals surface area contributed by atoms with Gasteiger partial charge in [-0.3, -0.25) is 9.69 Å². The fourth-order valence-corrected chi connectivity index (χ4v) is 4.03. The summed E-state index contributed by atoms with van der Waals surface area (Å²) in [6.07, 6.45) is 5.35. The Morgan fingerprint density at radius 3 is 2.85 bits per heavy atom. The van der Waals surface area contributed by atoms with Crippen LogP contribution in [0.5, 0.6) is 0 Å². The first-order chi connectivity index (χ1) is 13.1. The molecule has 6 heteroatoms. The van der Waals surface area contributed by atoms with Crippen molar-refractivity contribution in [2.75, 3.05) is 32.8 Å². The molecule has 2 aliphatic heterocycles. The van der Waals surface area contributed by atoms with Crippen LogP contribution < -0.4 is 5.32 Å². The fourth-order valence-electron chi connectivity index (χ4n) is 3.83. The van der Waals surface area contributed by atoms with Crippen LogP contribution in [0.25, 0.3) is 0 Å². The predicted molar refractivity (Wildman–Crippen MR) is 107 cm³/mol. The zero-order valence-electron chi connectivity index (χ0n) is 16.2. The summed E-state index contributed by atoms with van der Waals surface area (Å²) in [7, 11) is 0. The molecule has 0 spiro atoms. The minimum absolute atomic E-state index is 0.0722. The molecule has 3 rings (SSSR count). The van der Waals surface area contributed by atoms with Crippen molar-refractivity contribution in [3.8, 4) is 0 Å². The van der Waals surface area contributed by atoms with Crippen molar-refractivity contribution < 1.29 is 14.3 Å². The quantitative estimate of drug-likeness (QED) is 0.732. The molecule has 0 aliphatic carbocycles. The van der Waals surface area contributed by atoms with Crippen LogP contribution in [0.4, 0.5) is 0 Å². The molecule has 0 radical (unpaired) electrons. The Bertz CT molecular complexity index is 601. The van der Waals surface area contributed by atoms with E-state index in [1.54, 1.807) is 0 Å². The number of amides is 1. The maximum absolute atomic E-state index is 12.5. The Morgan fingerprint density at radius 1 is 1.33 bits per heavy atom. The average molecular weight is 395 g/mol. The number of nitrogens with zero attached hydrogens (tertiary/aromatic N) is 1. The first kappa shape index (κ1) is 20.6. The summed E-state index contributed by atoms with van der Waals surface area (Å²) in [5.74, 6) is -0.0722. The van der Waals surface area contributed by atoms with Gasteiger partial charge in [-0.15, -0.1) is 0 Å². The van der Waals surface area contributed by atoms with Crippen LogP contribution in [-0.4, -0.2) is 55.9 Å². The zero-order valence-corrected chi connectivity index (χ0v) is 16.9. The topological polar surface area (TPSA) is 50.8 Å². The van der Waals surface area contributed by atoms with Crippen molar-refractivity contribution >= 4 is 17.5 Å². The highest BCUT2D eigenvalue weighted by atomic mass is 35.5. The van der Waals surface area contributed by atoms with Crippen LogP contribution in [0.15, 0.2) is 24.3 Å². The Balaban J connectivity index is 1.51. The lowest BCUT2D eigenvalue weighted by molar-refractivity contribution is -0.135. The molecule has 1 amide bonds. The molecule has 150 valence electrons. The van der Waals surface area contributed by atoms with Crippen LogP contribution in [0.3, 0.4) is 0 Å². The average Bonchev–Trinajstić information content (AvgIpc) is 3.21. The van der Waals surface area contributed by atoms with E-state index in [2.05, 4.69) is 16.3 Å². The van der Waals surface area contributed by atoms with Gasteiger partial charge in [-0.05, 0) is 69.8 Å². The minimum atomic E-state index is -0.478. The molecule has 1 aromatic carbocycles. The summed E-state index contributed by atoms with van der Waals surface area (Å²) < 4.78 is 11.4. The molecule has 2 aliphatic rings. The van der Waals surface area contributed by atoms with Crippen molar-refractivity contribution in [2.45, 2.75) is 57.3 Å². The predicted octanol–water partition coefficient (Wildman–Crippen LogP) is 3.57. The SMILES string of the molecule is CC(OCC1CCCCO1)C(=O)NCC(c1cccc(Cl)c1)N1CCCC1. The number of carbonyl (C=O) groups excluding carboxylic acids is 1. The van der Waals surface area contributed by atoms with Gasteiger partial charge in [0, 0.05) is 18.2 Å². The molecule has 0 aromatic heterocycles. The van der Waals surface area contributed by atoms with Gasteiger partial charge in [0.1, 0.15) is 6.10 Å². The number of nitrogens with one attached hydrogen (secondary N) is 1. The third-order valence-electron chi connectivity index (χ3n) is 5.46. The highest BCUT2D eigenvalue weighted by Gasteiger charge is 2.25. The van der Waals surface area contributed by atoms with Gasteiger partial charge in [0.2, 0.25) is 5.91 Å². The molecule has 5 nitrogen and oxygen atoms in total. The minimum Gasteiger partial charge on any atom is -0.376 e. The maximum atomic E-state index is 12.5. The second-order valence-electron chi connectivity index (χ2n) is 7.52. The highest BCUT2D eigenvalue weighted by Crippen LogP contribution is 2.26. The lowest BCUT2D eigenvalue weighted by Gasteiger charge is -2.29. The molecule has 1 N–H and O–H groups in total. The lowest BCUT2D eigenvalue weighted by Crippen LogP contribution is -2.41. The fraction of sp³-hybridized carbons (Fsp3) is 0.667. The highest BCUT2D eigenvalue weighted by molar-refractivity contribution is 6.30. The van der Waals surface area contributed by atoms with Crippen LogP contribution in [0.1, 0.15) is 50.6 Å². The number of rotatable bonds is 8. The Hall–Kier alpha value is -1.14. The summed E-state index contributed by atoms with van der Waals surface area (Å²) in [6.45, 7) is 5.76. The molecule has 2 saturated heterocycles. The maximum Gasteiger partial charge on any atom is 0.248 e. The van der Waals surface area contributed by atoms with E-state index in [-0.39, 0.29) is 18.1 Å². The molecular formula is C21H31ClN2O3. The van der Waals surface area contributed by atoms with E-state index < -0.39 is 6.10 Å². The second-order valence-corrected chi connectivity index (χ2v) is 7.96. The van der Waals surface area contributed by atoms with Crippen molar-refractivity contribution in [3.05, 3.63) is 34.9 Å². The van der Waals surface area contributed by atoms with Gasteiger partial charge in [-0.2, -0.15) is 0 Å². The van der Waals surface area contributed by atoms with Gasteiger partial charge in [0.15, 0.2) is 0 Å². The zero-order chi connectivity index (χ0) is 19.1. The molecular weight excluding hydrogens is 364 g/mol. The van der Waals surface area contributed by atoms with Crippen molar-refractivity contribution in [2.24, 2.45) is 0 Å². The first-order valence-electron chi connectivity index (χ1n) is 10.1. The van der Waals surface area contributed by atoms with E-state index >= 15 is 0 Å². The van der Waals surface area contributed by atoms with Crippen LogP contribution >= 0.6 is 11.6 Å². The van der Waals surface area contributed by atoms with E-state index in [4.69, 9.17) is 21.1 Å². The van der Waals surface area contributed by atoms with Gasteiger partial charge in [-0.25, -0.2) is 0 Å². The summed E-state index contributed by atoms with van der Waals surface area (Å²) in [6, 6.07) is 8.08. The number of ether oxygens (including phenoxy) is 2. The molecule has 0 saturated carbocycles. The van der Waals surface area contributed by atoms with E-state index in [9.17, 15) is 4.79 Å². The normalized spacial score (nSPS) is 23.1. The smallest absolute Gasteiger partial charge is 0.248 e. The summed E-state index contributed by atoms with van der Waals surface area (Å²) in [5, 5.41) is 3.80. The molecule has 3 unspecified atom stereocenters. The van der Waals surface area contributed by atoms with Crippen LogP contribution in [0, 0.1) is 0 Å². The number of benzene rings is 1. The number of halogens is 1. The standard InChI is InChI=1S/C21H31ClN2O3/c1-16(27-15-19-9-2-5-12-26-19)21(25)23-14-20(24-10-3-4-11-24)17-7-6-8-18(22)13-17/h6-8,13,16,19-20H,2-5,9-12,14-15H2,1H3,(H,23,25). The van der Waals surface area contributed by atoms with E-state index in [0.29, 0.717) is 13.2 Å².